The van der Waals surface area contributed by atoms with E-state index in [1.165, 1.54) is 0 Å². The Labute approximate surface area is 125 Å². The first kappa shape index (κ1) is 13.2. The number of anilines is 1. The van der Waals surface area contributed by atoms with Crippen molar-refractivity contribution in [3.8, 4) is 11.5 Å². The molecule has 0 bridgehead atoms. The molecule has 2 aromatic heterocycles. The molecule has 0 amide bonds. The monoisotopic (exact) mass is 333 g/mol. The van der Waals surface area contributed by atoms with Crippen LogP contribution in [0.15, 0.2) is 39.4 Å². The van der Waals surface area contributed by atoms with Gasteiger partial charge in [-0.1, -0.05) is 29.3 Å². The first-order valence-corrected chi connectivity index (χ1v) is 7.49. The maximum absolute atomic E-state index is 6.04. The fraction of sp³-hybridized carbons (Fsp3) is 0.267. The van der Waals surface area contributed by atoms with Crippen molar-refractivity contribution in [2.75, 3.05) is 5.73 Å². The number of furan rings is 1. The maximum atomic E-state index is 6.04. The zero-order valence-electron chi connectivity index (χ0n) is 11.3. The highest BCUT2D eigenvalue weighted by Gasteiger charge is 2.13. The van der Waals surface area contributed by atoms with E-state index in [2.05, 4.69) is 28.0 Å². The summed E-state index contributed by atoms with van der Waals surface area (Å²) in [4.78, 5) is 0. The number of unbranched alkanes of at least 4 members (excludes halogenated alkanes) is 1. The standard InChI is InChI=1S/C15H16BrN3O/c1-2-3-6-19-9-12(17)15(18-19)14-8-10-7-11(16)4-5-13(10)20-14/h4-5,7-9H,2-3,6,17H2,1H3. The van der Waals surface area contributed by atoms with Crippen LogP contribution in [0.2, 0.25) is 0 Å². The van der Waals surface area contributed by atoms with Gasteiger partial charge in [0.2, 0.25) is 0 Å². The summed E-state index contributed by atoms with van der Waals surface area (Å²) in [6, 6.07) is 7.89. The maximum Gasteiger partial charge on any atom is 0.157 e. The molecule has 0 fully saturated rings. The molecule has 3 aromatic rings. The van der Waals surface area contributed by atoms with Crippen LogP contribution in [0.5, 0.6) is 0 Å². The molecule has 1 aromatic carbocycles. The molecule has 5 heteroatoms. The minimum absolute atomic E-state index is 0.652. The van der Waals surface area contributed by atoms with Gasteiger partial charge in [-0.15, -0.1) is 0 Å². The lowest BCUT2D eigenvalue weighted by Gasteiger charge is -1.97. The summed E-state index contributed by atoms with van der Waals surface area (Å²) in [5.74, 6) is 0.714. The number of benzene rings is 1. The van der Waals surface area contributed by atoms with E-state index in [-0.39, 0.29) is 0 Å². The Hall–Kier alpha value is -1.75. The second-order valence-electron chi connectivity index (χ2n) is 4.84. The molecule has 0 atom stereocenters. The number of aryl methyl sites for hydroxylation is 1. The van der Waals surface area contributed by atoms with Gasteiger partial charge in [0.1, 0.15) is 5.58 Å². The largest absolute Gasteiger partial charge is 0.454 e. The van der Waals surface area contributed by atoms with Gasteiger partial charge in [0.25, 0.3) is 0 Å². The Morgan fingerprint density at radius 2 is 2.20 bits per heavy atom. The van der Waals surface area contributed by atoms with E-state index in [1.807, 2.05) is 35.1 Å². The third-order valence-electron chi connectivity index (χ3n) is 3.24. The van der Waals surface area contributed by atoms with E-state index >= 15 is 0 Å². The van der Waals surface area contributed by atoms with E-state index in [0.717, 1.165) is 34.8 Å². The predicted molar refractivity (Wildman–Crippen MR) is 84.5 cm³/mol. The highest BCUT2D eigenvalue weighted by molar-refractivity contribution is 9.10. The summed E-state index contributed by atoms with van der Waals surface area (Å²) >= 11 is 3.46. The molecule has 2 N–H and O–H groups in total. The third-order valence-corrected chi connectivity index (χ3v) is 3.74. The molecule has 0 saturated heterocycles. The molecule has 0 radical (unpaired) electrons. The number of hydrogen-bond acceptors (Lipinski definition) is 3. The van der Waals surface area contributed by atoms with Gasteiger partial charge >= 0.3 is 0 Å². The van der Waals surface area contributed by atoms with Crippen LogP contribution in [0.4, 0.5) is 5.69 Å². The normalized spacial score (nSPS) is 11.3. The lowest BCUT2D eigenvalue weighted by molar-refractivity contribution is 0.568. The van der Waals surface area contributed by atoms with Gasteiger partial charge in [0.05, 0.1) is 5.69 Å². The van der Waals surface area contributed by atoms with Crippen molar-refractivity contribution in [3.63, 3.8) is 0 Å². The van der Waals surface area contributed by atoms with Gasteiger partial charge in [0.15, 0.2) is 11.5 Å². The van der Waals surface area contributed by atoms with Crippen LogP contribution in [-0.4, -0.2) is 9.78 Å². The quantitative estimate of drug-likeness (QED) is 0.767. The van der Waals surface area contributed by atoms with Gasteiger partial charge in [-0.25, -0.2) is 0 Å². The molecule has 104 valence electrons. The topological polar surface area (TPSA) is 57.0 Å². The van der Waals surface area contributed by atoms with Gasteiger partial charge in [-0.3, -0.25) is 4.68 Å². The van der Waals surface area contributed by atoms with E-state index < -0.39 is 0 Å². The summed E-state index contributed by atoms with van der Waals surface area (Å²) in [7, 11) is 0. The van der Waals surface area contributed by atoms with Crippen molar-refractivity contribution in [1.82, 2.24) is 9.78 Å². The number of nitrogens with zero attached hydrogens (tertiary/aromatic N) is 2. The Balaban J connectivity index is 1.99. The summed E-state index contributed by atoms with van der Waals surface area (Å²) in [5.41, 5.74) is 8.25. The number of halogens is 1. The summed E-state index contributed by atoms with van der Waals surface area (Å²) in [5, 5.41) is 5.56. The third kappa shape index (κ3) is 2.45. The number of rotatable bonds is 4. The van der Waals surface area contributed by atoms with Crippen LogP contribution in [0.3, 0.4) is 0 Å². The second-order valence-corrected chi connectivity index (χ2v) is 5.76. The first-order chi connectivity index (χ1) is 9.67. The lowest BCUT2D eigenvalue weighted by atomic mass is 10.2. The smallest absolute Gasteiger partial charge is 0.157 e. The molecule has 0 unspecified atom stereocenters. The molecular formula is C15H16BrN3O. The first-order valence-electron chi connectivity index (χ1n) is 6.70. The van der Waals surface area contributed by atoms with Crippen LogP contribution < -0.4 is 5.73 Å². The number of nitrogens with two attached hydrogens (primary N) is 1. The summed E-state index contributed by atoms with van der Waals surface area (Å²) in [6.45, 7) is 3.04. The van der Waals surface area contributed by atoms with Crippen LogP contribution in [0.25, 0.3) is 22.4 Å². The number of aromatic nitrogens is 2. The Bertz CT molecular complexity index is 745. The van der Waals surface area contributed by atoms with Gasteiger partial charge < -0.3 is 10.2 Å². The molecule has 0 aliphatic carbocycles. The predicted octanol–water partition coefficient (Wildman–Crippen LogP) is 4.44. The number of nitrogen functional groups attached to an aromatic ring is 1. The van der Waals surface area contributed by atoms with Crippen molar-refractivity contribution in [2.24, 2.45) is 0 Å². The average molecular weight is 334 g/mol. The van der Waals surface area contributed by atoms with Gasteiger partial charge in [0, 0.05) is 22.6 Å². The molecule has 3 rings (SSSR count). The molecule has 20 heavy (non-hydrogen) atoms. The molecule has 0 spiro atoms. The van der Waals surface area contributed by atoms with Crippen LogP contribution in [-0.2, 0) is 6.54 Å². The van der Waals surface area contributed by atoms with Crippen molar-refractivity contribution >= 4 is 32.6 Å². The molecule has 2 heterocycles. The van der Waals surface area contributed by atoms with Crippen molar-refractivity contribution in [1.29, 1.82) is 0 Å². The van der Waals surface area contributed by atoms with Gasteiger partial charge in [-0.2, -0.15) is 5.10 Å². The lowest BCUT2D eigenvalue weighted by Crippen LogP contribution is -1.97. The number of fused-ring (bicyclic) bond motifs is 1. The van der Waals surface area contributed by atoms with E-state index in [0.29, 0.717) is 17.1 Å². The van der Waals surface area contributed by atoms with E-state index in [1.54, 1.807) is 0 Å². The SMILES string of the molecule is CCCCn1cc(N)c(-c2cc3cc(Br)ccc3o2)n1. The van der Waals surface area contributed by atoms with Crippen LogP contribution in [0.1, 0.15) is 19.8 Å². The second kappa shape index (κ2) is 5.32. The van der Waals surface area contributed by atoms with E-state index in [4.69, 9.17) is 10.2 Å². The summed E-state index contributed by atoms with van der Waals surface area (Å²) in [6.07, 6.45) is 4.09. The van der Waals surface area contributed by atoms with Crippen molar-refractivity contribution in [3.05, 3.63) is 34.9 Å². The highest BCUT2D eigenvalue weighted by Crippen LogP contribution is 2.31. The summed E-state index contributed by atoms with van der Waals surface area (Å²) < 4.78 is 8.74. The molecule has 0 aliphatic heterocycles. The highest BCUT2D eigenvalue weighted by atomic mass is 79.9. The zero-order valence-corrected chi connectivity index (χ0v) is 12.9. The Morgan fingerprint density at radius 3 is 3.00 bits per heavy atom. The minimum Gasteiger partial charge on any atom is -0.454 e. The molecular weight excluding hydrogens is 318 g/mol. The number of hydrogen-bond donors (Lipinski definition) is 1. The molecule has 0 saturated carbocycles. The van der Waals surface area contributed by atoms with E-state index in [9.17, 15) is 0 Å². The average Bonchev–Trinajstić information content (AvgIpc) is 2.99. The zero-order chi connectivity index (χ0) is 14.1. The molecule has 4 nitrogen and oxygen atoms in total. The van der Waals surface area contributed by atoms with Gasteiger partial charge in [-0.05, 0) is 30.7 Å². The fourth-order valence-corrected chi connectivity index (χ4v) is 2.57. The fourth-order valence-electron chi connectivity index (χ4n) is 2.19. The van der Waals surface area contributed by atoms with Crippen molar-refractivity contribution < 1.29 is 4.42 Å². The minimum atomic E-state index is 0.652. The van der Waals surface area contributed by atoms with Crippen molar-refractivity contribution in [2.45, 2.75) is 26.3 Å². The molecule has 0 aliphatic rings. The van der Waals surface area contributed by atoms with Crippen LogP contribution >= 0.6 is 15.9 Å². The Morgan fingerprint density at radius 1 is 1.35 bits per heavy atom. The van der Waals surface area contributed by atoms with Crippen LogP contribution in [0, 0.1) is 0 Å². The Kier molecular flexibility index (Phi) is 3.53.